The molecule has 0 atom stereocenters. The Kier molecular flexibility index (Phi) is 6.13. The van der Waals surface area contributed by atoms with Crippen LogP contribution in [0.4, 0.5) is 5.69 Å². The summed E-state index contributed by atoms with van der Waals surface area (Å²) in [6.45, 7) is 0. The molecule has 0 spiro atoms. The molecule has 0 bridgehead atoms. The van der Waals surface area contributed by atoms with Crippen LogP contribution in [-0.2, 0) is 26.8 Å². The number of amides is 2. The molecule has 1 aromatic heterocycles. The van der Waals surface area contributed by atoms with E-state index in [0.29, 0.717) is 5.69 Å². The number of rotatable bonds is 7. The largest absolute Gasteiger partial charge is 0.459 e. The van der Waals surface area contributed by atoms with E-state index in [1.165, 1.54) is 24.5 Å². The normalized spacial score (nSPS) is 11.1. The van der Waals surface area contributed by atoms with Crippen LogP contribution in [0.2, 0.25) is 0 Å². The van der Waals surface area contributed by atoms with E-state index >= 15 is 0 Å². The summed E-state index contributed by atoms with van der Waals surface area (Å²) >= 11 is 0. The SMILES string of the molecule is CNC(=O)Cc1ccc(NC(=O)c2occc2CS(=O)(=O)c2ccccc2)cc1. The Morgan fingerprint density at radius 3 is 2.31 bits per heavy atom. The molecular formula is C21H20N2O5S. The first kappa shape index (κ1) is 20.3. The quantitative estimate of drug-likeness (QED) is 0.621. The Balaban J connectivity index is 1.72. The number of nitrogens with one attached hydrogen (secondary N) is 2. The lowest BCUT2D eigenvalue weighted by molar-refractivity contribution is -0.119. The number of carbonyl (C=O) groups excluding carboxylic acids is 2. The van der Waals surface area contributed by atoms with Gasteiger partial charge in [0, 0.05) is 18.3 Å². The van der Waals surface area contributed by atoms with Crippen molar-refractivity contribution in [3.63, 3.8) is 0 Å². The maximum Gasteiger partial charge on any atom is 0.291 e. The van der Waals surface area contributed by atoms with Gasteiger partial charge in [0.2, 0.25) is 5.91 Å². The maximum absolute atomic E-state index is 12.6. The lowest BCUT2D eigenvalue weighted by Gasteiger charge is -2.07. The summed E-state index contributed by atoms with van der Waals surface area (Å²) in [5.74, 6) is -1.06. The van der Waals surface area contributed by atoms with Gasteiger partial charge in [-0.05, 0) is 35.9 Å². The molecule has 0 aliphatic heterocycles. The Morgan fingerprint density at radius 1 is 0.966 bits per heavy atom. The molecule has 0 saturated carbocycles. The van der Waals surface area contributed by atoms with Crippen molar-refractivity contribution in [3.8, 4) is 0 Å². The van der Waals surface area contributed by atoms with Crippen molar-refractivity contribution in [2.75, 3.05) is 12.4 Å². The van der Waals surface area contributed by atoms with E-state index in [0.717, 1.165) is 5.56 Å². The molecular weight excluding hydrogens is 392 g/mol. The molecule has 0 unspecified atom stereocenters. The third-order valence-corrected chi connectivity index (χ3v) is 5.94. The van der Waals surface area contributed by atoms with Crippen molar-refractivity contribution in [2.45, 2.75) is 17.1 Å². The smallest absolute Gasteiger partial charge is 0.291 e. The molecule has 0 fully saturated rings. The molecule has 2 aromatic carbocycles. The number of sulfone groups is 1. The summed E-state index contributed by atoms with van der Waals surface area (Å²) in [5.41, 5.74) is 1.58. The van der Waals surface area contributed by atoms with E-state index < -0.39 is 15.7 Å². The molecule has 3 aromatic rings. The van der Waals surface area contributed by atoms with Crippen LogP contribution in [0.15, 0.2) is 76.2 Å². The van der Waals surface area contributed by atoms with Crippen molar-refractivity contribution in [1.29, 1.82) is 0 Å². The number of hydrogen-bond acceptors (Lipinski definition) is 5. The van der Waals surface area contributed by atoms with Gasteiger partial charge in [0.05, 0.1) is 23.3 Å². The minimum absolute atomic E-state index is 0.0565. The summed E-state index contributed by atoms with van der Waals surface area (Å²) in [6.07, 6.45) is 1.53. The highest BCUT2D eigenvalue weighted by atomic mass is 32.2. The molecule has 0 radical (unpaired) electrons. The van der Waals surface area contributed by atoms with Gasteiger partial charge in [0.1, 0.15) is 0 Å². The molecule has 0 aliphatic rings. The number of likely N-dealkylation sites (N-methyl/N-ethyl adjacent to an activating group) is 1. The van der Waals surface area contributed by atoms with Gasteiger partial charge in [-0.25, -0.2) is 8.42 Å². The summed E-state index contributed by atoms with van der Waals surface area (Å²) in [5, 5.41) is 5.22. The first-order valence-corrected chi connectivity index (χ1v) is 10.5. The van der Waals surface area contributed by atoms with Crippen LogP contribution < -0.4 is 10.6 Å². The first-order valence-electron chi connectivity index (χ1n) is 8.84. The van der Waals surface area contributed by atoms with Crippen LogP contribution in [-0.4, -0.2) is 27.3 Å². The van der Waals surface area contributed by atoms with Gasteiger partial charge in [-0.15, -0.1) is 0 Å². The van der Waals surface area contributed by atoms with Crippen molar-refractivity contribution < 1.29 is 22.4 Å². The summed E-state index contributed by atoms with van der Waals surface area (Å²) in [7, 11) is -2.04. The Hall–Kier alpha value is -3.39. The third-order valence-electron chi connectivity index (χ3n) is 4.26. The van der Waals surface area contributed by atoms with E-state index in [-0.39, 0.29) is 34.3 Å². The number of anilines is 1. The fraction of sp³-hybridized carbons (Fsp3) is 0.143. The monoisotopic (exact) mass is 412 g/mol. The third kappa shape index (κ3) is 5.11. The molecule has 0 aliphatic carbocycles. The zero-order valence-corrected chi connectivity index (χ0v) is 16.5. The zero-order valence-electron chi connectivity index (χ0n) is 15.7. The Labute approximate surface area is 168 Å². The van der Waals surface area contributed by atoms with Gasteiger partial charge in [-0.3, -0.25) is 9.59 Å². The predicted octanol–water partition coefficient (Wildman–Crippen LogP) is 2.79. The van der Waals surface area contributed by atoms with E-state index in [1.54, 1.807) is 49.5 Å². The van der Waals surface area contributed by atoms with E-state index in [2.05, 4.69) is 10.6 Å². The van der Waals surface area contributed by atoms with Crippen LogP contribution in [0, 0.1) is 0 Å². The zero-order chi connectivity index (χ0) is 20.9. The van der Waals surface area contributed by atoms with Crippen molar-refractivity contribution in [3.05, 3.63) is 83.8 Å². The number of benzene rings is 2. The van der Waals surface area contributed by atoms with Crippen LogP contribution in [0.5, 0.6) is 0 Å². The maximum atomic E-state index is 12.6. The second kappa shape index (κ2) is 8.74. The first-order chi connectivity index (χ1) is 13.9. The molecule has 1 heterocycles. The van der Waals surface area contributed by atoms with E-state index in [4.69, 9.17) is 4.42 Å². The van der Waals surface area contributed by atoms with Gasteiger partial charge in [-0.1, -0.05) is 30.3 Å². The van der Waals surface area contributed by atoms with Crippen LogP contribution in [0.1, 0.15) is 21.7 Å². The molecule has 3 rings (SSSR count). The van der Waals surface area contributed by atoms with Gasteiger partial charge in [0.25, 0.3) is 5.91 Å². The van der Waals surface area contributed by atoms with Gasteiger partial charge in [0.15, 0.2) is 15.6 Å². The molecule has 7 nitrogen and oxygen atoms in total. The Morgan fingerprint density at radius 2 is 1.66 bits per heavy atom. The van der Waals surface area contributed by atoms with Crippen molar-refractivity contribution >= 4 is 27.3 Å². The fourth-order valence-electron chi connectivity index (χ4n) is 2.73. The lowest BCUT2D eigenvalue weighted by Crippen LogP contribution is -2.19. The summed E-state index contributed by atoms with van der Waals surface area (Å²) in [6, 6.07) is 16.3. The van der Waals surface area contributed by atoms with Crippen molar-refractivity contribution in [2.24, 2.45) is 0 Å². The van der Waals surface area contributed by atoms with Gasteiger partial charge in [-0.2, -0.15) is 0 Å². The highest BCUT2D eigenvalue weighted by Crippen LogP contribution is 2.21. The second-order valence-corrected chi connectivity index (χ2v) is 8.34. The van der Waals surface area contributed by atoms with Crippen LogP contribution >= 0.6 is 0 Å². The highest BCUT2D eigenvalue weighted by molar-refractivity contribution is 7.90. The molecule has 150 valence electrons. The minimum atomic E-state index is -3.61. The molecule has 2 N–H and O–H groups in total. The molecule has 2 amide bonds. The summed E-state index contributed by atoms with van der Waals surface area (Å²) < 4.78 is 30.4. The number of carbonyl (C=O) groups is 2. The average molecular weight is 412 g/mol. The molecule has 8 heteroatoms. The highest BCUT2D eigenvalue weighted by Gasteiger charge is 2.22. The topological polar surface area (TPSA) is 105 Å². The molecule has 29 heavy (non-hydrogen) atoms. The van der Waals surface area contributed by atoms with Gasteiger partial charge < -0.3 is 15.1 Å². The fourth-order valence-corrected chi connectivity index (χ4v) is 4.11. The average Bonchev–Trinajstić information content (AvgIpc) is 3.17. The number of hydrogen-bond donors (Lipinski definition) is 2. The Bertz CT molecular complexity index is 1100. The van der Waals surface area contributed by atoms with E-state index in [9.17, 15) is 18.0 Å². The van der Waals surface area contributed by atoms with Crippen molar-refractivity contribution in [1.82, 2.24) is 5.32 Å². The standard InChI is InChI=1S/C21H20N2O5S/c1-22-19(24)13-15-7-9-17(10-8-15)23-21(25)20-16(11-12-28-20)14-29(26,27)18-5-3-2-4-6-18/h2-12H,13-14H2,1H3,(H,22,24)(H,23,25). The summed E-state index contributed by atoms with van der Waals surface area (Å²) in [4.78, 5) is 24.2. The van der Waals surface area contributed by atoms with Crippen LogP contribution in [0.3, 0.4) is 0 Å². The van der Waals surface area contributed by atoms with Crippen LogP contribution in [0.25, 0.3) is 0 Å². The lowest BCUT2D eigenvalue weighted by atomic mass is 10.1. The minimum Gasteiger partial charge on any atom is -0.459 e. The van der Waals surface area contributed by atoms with E-state index in [1.807, 2.05) is 0 Å². The predicted molar refractivity (Wildman–Crippen MR) is 108 cm³/mol. The number of furan rings is 1. The van der Waals surface area contributed by atoms with Gasteiger partial charge >= 0.3 is 0 Å². The second-order valence-electron chi connectivity index (χ2n) is 6.35. The molecule has 0 saturated heterocycles.